The predicted octanol–water partition coefficient (Wildman–Crippen LogP) is 4.89. The van der Waals surface area contributed by atoms with Crippen molar-refractivity contribution >= 4 is 38.1 Å². The number of sulfonamides is 1. The van der Waals surface area contributed by atoms with Gasteiger partial charge in [-0.05, 0) is 41.8 Å². The highest BCUT2D eigenvalue weighted by atomic mass is 32.2. The van der Waals surface area contributed by atoms with Crippen molar-refractivity contribution in [3.8, 4) is 0 Å². The maximum atomic E-state index is 12.8. The Bertz CT molecular complexity index is 1280. The Kier molecular flexibility index (Phi) is 5.01. The Labute approximate surface area is 169 Å². The first kappa shape index (κ1) is 18.7. The molecule has 0 fully saturated rings. The van der Waals surface area contributed by atoms with Crippen LogP contribution in [-0.4, -0.2) is 14.3 Å². The van der Waals surface area contributed by atoms with E-state index >= 15 is 0 Å². The van der Waals surface area contributed by atoms with E-state index in [0.717, 1.165) is 10.8 Å². The summed E-state index contributed by atoms with van der Waals surface area (Å²) in [6.45, 7) is 0. The average Bonchev–Trinajstić information content (AvgIpc) is 2.74. The summed E-state index contributed by atoms with van der Waals surface area (Å²) in [5, 5.41) is 4.80. The van der Waals surface area contributed by atoms with Crippen LogP contribution in [0.15, 0.2) is 102 Å². The highest BCUT2D eigenvalue weighted by molar-refractivity contribution is 7.92. The number of amides is 1. The Morgan fingerprint density at radius 3 is 2.24 bits per heavy atom. The smallest absolute Gasteiger partial charge is 0.261 e. The van der Waals surface area contributed by atoms with Crippen molar-refractivity contribution in [1.29, 1.82) is 0 Å². The second-order valence-electron chi connectivity index (χ2n) is 6.48. The summed E-state index contributed by atoms with van der Waals surface area (Å²) in [6.07, 6.45) is 0. The van der Waals surface area contributed by atoms with E-state index in [-0.39, 0.29) is 16.4 Å². The lowest BCUT2D eigenvalue weighted by atomic mass is 10.1. The molecule has 0 spiro atoms. The topological polar surface area (TPSA) is 75.3 Å². The van der Waals surface area contributed by atoms with Gasteiger partial charge in [0.15, 0.2) is 0 Å². The average molecular weight is 402 g/mol. The molecule has 5 nitrogen and oxygen atoms in total. The number of nitrogens with one attached hydrogen (secondary N) is 2. The molecule has 0 saturated carbocycles. The van der Waals surface area contributed by atoms with Gasteiger partial charge >= 0.3 is 0 Å². The van der Waals surface area contributed by atoms with Gasteiger partial charge in [-0.3, -0.25) is 9.52 Å². The fourth-order valence-electron chi connectivity index (χ4n) is 3.05. The molecule has 1 amide bonds. The van der Waals surface area contributed by atoms with Crippen molar-refractivity contribution in [3.63, 3.8) is 0 Å². The van der Waals surface area contributed by atoms with E-state index in [9.17, 15) is 13.2 Å². The second kappa shape index (κ2) is 7.77. The lowest BCUT2D eigenvalue weighted by Crippen LogP contribution is -2.16. The van der Waals surface area contributed by atoms with E-state index in [0.29, 0.717) is 11.4 Å². The third-order valence-electron chi connectivity index (χ3n) is 4.47. The predicted molar refractivity (Wildman–Crippen MR) is 116 cm³/mol. The summed E-state index contributed by atoms with van der Waals surface area (Å²) in [6, 6.07) is 27.9. The van der Waals surface area contributed by atoms with Crippen molar-refractivity contribution < 1.29 is 13.2 Å². The van der Waals surface area contributed by atoms with Crippen LogP contribution in [0.25, 0.3) is 10.8 Å². The quantitative estimate of drug-likeness (QED) is 0.499. The number of hydrogen-bond donors (Lipinski definition) is 2. The van der Waals surface area contributed by atoms with Crippen LogP contribution in [0.2, 0.25) is 0 Å². The highest BCUT2D eigenvalue weighted by Crippen LogP contribution is 2.24. The first-order chi connectivity index (χ1) is 14.0. The first-order valence-corrected chi connectivity index (χ1v) is 10.5. The summed E-state index contributed by atoms with van der Waals surface area (Å²) in [5.74, 6) is -0.377. The van der Waals surface area contributed by atoms with Crippen LogP contribution in [-0.2, 0) is 10.0 Å². The van der Waals surface area contributed by atoms with E-state index in [1.807, 2.05) is 42.5 Å². The van der Waals surface area contributed by atoms with Crippen molar-refractivity contribution in [2.75, 3.05) is 10.0 Å². The number of anilines is 2. The number of para-hydroxylation sites is 1. The largest absolute Gasteiger partial charge is 0.321 e. The summed E-state index contributed by atoms with van der Waals surface area (Å²) < 4.78 is 27.8. The van der Waals surface area contributed by atoms with Gasteiger partial charge in [-0.1, -0.05) is 60.7 Å². The third kappa shape index (κ3) is 4.12. The normalized spacial score (nSPS) is 11.2. The molecule has 0 aliphatic carbocycles. The van der Waals surface area contributed by atoms with Crippen LogP contribution in [0, 0.1) is 0 Å². The molecule has 0 unspecified atom stereocenters. The molecule has 4 aromatic carbocycles. The molecule has 6 heteroatoms. The zero-order chi connectivity index (χ0) is 20.3. The van der Waals surface area contributed by atoms with Crippen LogP contribution in [0.1, 0.15) is 10.4 Å². The summed E-state index contributed by atoms with van der Waals surface area (Å²) in [5.41, 5.74) is 1.38. The molecule has 0 radical (unpaired) electrons. The molecule has 0 heterocycles. The van der Waals surface area contributed by atoms with Gasteiger partial charge in [-0.25, -0.2) is 8.42 Å². The second-order valence-corrected chi connectivity index (χ2v) is 8.16. The minimum absolute atomic E-state index is 0.0203. The Hall–Kier alpha value is -3.64. The lowest BCUT2D eigenvalue weighted by Gasteiger charge is -2.11. The van der Waals surface area contributed by atoms with Gasteiger partial charge in [-0.15, -0.1) is 0 Å². The Balaban J connectivity index is 1.60. The molecule has 2 N–H and O–H groups in total. The van der Waals surface area contributed by atoms with E-state index in [1.165, 1.54) is 12.1 Å². The molecule has 4 aromatic rings. The van der Waals surface area contributed by atoms with E-state index in [4.69, 9.17) is 0 Å². The molecular weight excluding hydrogens is 384 g/mol. The van der Waals surface area contributed by atoms with Gasteiger partial charge in [-0.2, -0.15) is 0 Å². The molecule has 0 saturated heterocycles. The molecule has 0 aliphatic heterocycles. The SMILES string of the molecule is O=C(Nc1cccc2ccccc12)c1cccc(S(=O)(=O)Nc2ccccc2)c1. The van der Waals surface area contributed by atoms with Gasteiger partial charge in [0, 0.05) is 22.3 Å². The van der Waals surface area contributed by atoms with Gasteiger partial charge in [0.1, 0.15) is 0 Å². The number of carbonyl (C=O) groups is 1. The van der Waals surface area contributed by atoms with Gasteiger partial charge in [0.2, 0.25) is 0 Å². The number of benzene rings is 4. The van der Waals surface area contributed by atoms with E-state index in [1.54, 1.807) is 42.5 Å². The zero-order valence-corrected chi connectivity index (χ0v) is 16.2. The monoisotopic (exact) mass is 402 g/mol. The summed E-state index contributed by atoms with van der Waals surface area (Å²) in [4.78, 5) is 12.8. The molecule has 0 aromatic heterocycles. The van der Waals surface area contributed by atoms with Crippen LogP contribution >= 0.6 is 0 Å². The van der Waals surface area contributed by atoms with Crippen LogP contribution in [0.3, 0.4) is 0 Å². The van der Waals surface area contributed by atoms with Gasteiger partial charge < -0.3 is 5.32 Å². The fraction of sp³-hybridized carbons (Fsp3) is 0. The number of fused-ring (bicyclic) bond motifs is 1. The fourth-order valence-corrected chi connectivity index (χ4v) is 4.16. The molecular formula is C23H18N2O3S. The van der Waals surface area contributed by atoms with Crippen molar-refractivity contribution in [3.05, 3.63) is 103 Å². The van der Waals surface area contributed by atoms with E-state index < -0.39 is 10.0 Å². The minimum Gasteiger partial charge on any atom is -0.321 e. The maximum Gasteiger partial charge on any atom is 0.261 e. The number of carbonyl (C=O) groups excluding carboxylic acids is 1. The minimum atomic E-state index is -3.81. The van der Waals surface area contributed by atoms with Crippen LogP contribution < -0.4 is 10.0 Å². The molecule has 4 rings (SSSR count). The van der Waals surface area contributed by atoms with Gasteiger partial charge in [0.25, 0.3) is 15.9 Å². The number of rotatable bonds is 5. The Morgan fingerprint density at radius 1 is 0.724 bits per heavy atom. The first-order valence-electron chi connectivity index (χ1n) is 9.00. The highest BCUT2D eigenvalue weighted by Gasteiger charge is 2.17. The van der Waals surface area contributed by atoms with E-state index in [2.05, 4.69) is 10.0 Å². The van der Waals surface area contributed by atoms with Crippen LogP contribution in [0.4, 0.5) is 11.4 Å². The number of hydrogen-bond acceptors (Lipinski definition) is 3. The van der Waals surface area contributed by atoms with Crippen molar-refractivity contribution in [2.24, 2.45) is 0 Å². The molecule has 0 atom stereocenters. The zero-order valence-electron chi connectivity index (χ0n) is 15.4. The molecule has 0 aliphatic rings. The maximum absolute atomic E-state index is 12.8. The third-order valence-corrected chi connectivity index (χ3v) is 5.85. The van der Waals surface area contributed by atoms with Crippen LogP contribution in [0.5, 0.6) is 0 Å². The standard InChI is InChI=1S/C23H18N2O3S/c26-23(24-22-15-7-9-17-8-4-5-14-21(17)22)18-10-6-13-20(16-18)29(27,28)25-19-11-2-1-3-12-19/h1-16,25H,(H,24,26). The van der Waals surface area contributed by atoms with Gasteiger partial charge in [0.05, 0.1) is 4.90 Å². The molecule has 29 heavy (non-hydrogen) atoms. The van der Waals surface area contributed by atoms with Crippen molar-refractivity contribution in [1.82, 2.24) is 0 Å². The summed E-state index contributed by atoms with van der Waals surface area (Å²) >= 11 is 0. The molecule has 144 valence electrons. The molecule has 0 bridgehead atoms. The summed E-state index contributed by atoms with van der Waals surface area (Å²) in [7, 11) is -3.81. The van der Waals surface area contributed by atoms with Crippen molar-refractivity contribution in [2.45, 2.75) is 4.90 Å². The lowest BCUT2D eigenvalue weighted by molar-refractivity contribution is 0.102. The Morgan fingerprint density at radius 2 is 1.41 bits per heavy atom.